The number of piperidine rings is 1. The second-order valence-corrected chi connectivity index (χ2v) is 9.67. The highest BCUT2D eigenvalue weighted by Gasteiger charge is 2.25. The Labute approximate surface area is 196 Å². The molecule has 0 aromatic heterocycles. The molecule has 0 radical (unpaired) electrons. The Balaban J connectivity index is 1.33. The van der Waals surface area contributed by atoms with E-state index in [9.17, 15) is 9.18 Å². The SMILES string of the molecule is O=C(NCCSCc1ccc(Cl)c(Cl)c1)C1CCN(Cc2c(F)cccc2Cl)CC1. The Hall–Kier alpha value is -0.980. The molecular weight excluding hydrogens is 466 g/mol. The summed E-state index contributed by atoms with van der Waals surface area (Å²) in [6.45, 7) is 2.63. The summed E-state index contributed by atoms with van der Waals surface area (Å²) in [5, 5.41) is 4.61. The Bertz CT molecular complexity index is 855. The lowest BCUT2D eigenvalue weighted by molar-refractivity contribution is -0.126. The minimum Gasteiger partial charge on any atom is -0.355 e. The molecule has 1 saturated heterocycles. The molecule has 0 atom stereocenters. The summed E-state index contributed by atoms with van der Waals surface area (Å²) in [7, 11) is 0. The average Bonchev–Trinajstić information content (AvgIpc) is 2.73. The van der Waals surface area contributed by atoms with Gasteiger partial charge in [-0.05, 0) is 55.8 Å². The summed E-state index contributed by atoms with van der Waals surface area (Å²) in [5.41, 5.74) is 1.64. The fourth-order valence-corrected chi connectivity index (χ4v) is 4.82. The number of amides is 1. The lowest BCUT2D eigenvalue weighted by atomic mass is 9.95. The van der Waals surface area contributed by atoms with Crippen LogP contribution in [0.1, 0.15) is 24.0 Å². The number of hydrogen-bond acceptors (Lipinski definition) is 3. The first kappa shape index (κ1) is 23.7. The normalized spacial score (nSPS) is 15.3. The Morgan fingerprint density at radius 1 is 1.10 bits per heavy atom. The summed E-state index contributed by atoms with van der Waals surface area (Å²) in [4.78, 5) is 14.6. The molecule has 0 saturated carbocycles. The number of nitrogens with one attached hydrogen (secondary N) is 1. The van der Waals surface area contributed by atoms with Gasteiger partial charge in [-0.15, -0.1) is 0 Å². The number of nitrogens with zero attached hydrogens (tertiary/aromatic N) is 1. The fraction of sp³-hybridized carbons (Fsp3) is 0.409. The van der Waals surface area contributed by atoms with Crippen LogP contribution >= 0.6 is 46.6 Å². The highest BCUT2D eigenvalue weighted by Crippen LogP contribution is 2.25. The van der Waals surface area contributed by atoms with E-state index in [1.54, 1.807) is 30.0 Å². The summed E-state index contributed by atoms with van der Waals surface area (Å²) >= 11 is 19.8. The van der Waals surface area contributed by atoms with Crippen LogP contribution in [0.25, 0.3) is 0 Å². The molecule has 0 aliphatic carbocycles. The van der Waals surface area contributed by atoms with E-state index in [-0.39, 0.29) is 17.6 Å². The Morgan fingerprint density at radius 2 is 1.87 bits per heavy atom. The fourth-order valence-electron chi connectivity index (χ4n) is 3.47. The maximum atomic E-state index is 14.0. The van der Waals surface area contributed by atoms with Gasteiger partial charge in [0.15, 0.2) is 0 Å². The van der Waals surface area contributed by atoms with Crippen molar-refractivity contribution in [2.24, 2.45) is 5.92 Å². The molecule has 0 unspecified atom stereocenters. The smallest absolute Gasteiger partial charge is 0.223 e. The number of carbonyl (C=O) groups excluding carboxylic acids is 1. The van der Waals surface area contributed by atoms with Gasteiger partial charge in [-0.1, -0.05) is 46.9 Å². The predicted octanol–water partition coefficient (Wildman–Crippen LogP) is 6.05. The first-order chi connectivity index (χ1) is 14.4. The minimum atomic E-state index is -0.277. The number of thioether (sulfide) groups is 1. The molecule has 3 rings (SSSR count). The summed E-state index contributed by atoms with van der Waals surface area (Å²) in [6, 6.07) is 10.4. The number of rotatable bonds is 8. The average molecular weight is 490 g/mol. The third-order valence-electron chi connectivity index (χ3n) is 5.20. The maximum absolute atomic E-state index is 14.0. The van der Waals surface area contributed by atoms with Crippen molar-refractivity contribution in [3.8, 4) is 0 Å². The van der Waals surface area contributed by atoms with Crippen LogP contribution in [-0.4, -0.2) is 36.2 Å². The van der Waals surface area contributed by atoms with Gasteiger partial charge in [-0.2, -0.15) is 11.8 Å². The van der Waals surface area contributed by atoms with E-state index in [4.69, 9.17) is 34.8 Å². The quantitative estimate of drug-likeness (QED) is 0.458. The van der Waals surface area contributed by atoms with Crippen LogP contribution in [0.2, 0.25) is 15.1 Å². The maximum Gasteiger partial charge on any atom is 0.223 e. The van der Waals surface area contributed by atoms with Gasteiger partial charge < -0.3 is 5.32 Å². The number of halogens is 4. The third kappa shape index (κ3) is 6.76. The first-order valence-electron chi connectivity index (χ1n) is 9.88. The Kier molecular flexibility index (Phi) is 9.14. The lowest BCUT2D eigenvalue weighted by Gasteiger charge is -2.31. The van der Waals surface area contributed by atoms with Gasteiger partial charge in [-0.3, -0.25) is 9.69 Å². The van der Waals surface area contributed by atoms with Crippen LogP contribution in [0.15, 0.2) is 36.4 Å². The van der Waals surface area contributed by atoms with E-state index in [2.05, 4.69) is 10.2 Å². The monoisotopic (exact) mass is 488 g/mol. The molecule has 30 heavy (non-hydrogen) atoms. The van der Waals surface area contributed by atoms with Crippen LogP contribution in [0.4, 0.5) is 4.39 Å². The second kappa shape index (κ2) is 11.6. The molecule has 0 bridgehead atoms. The predicted molar refractivity (Wildman–Crippen MR) is 125 cm³/mol. The molecule has 1 aliphatic rings. The number of carbonyl (C=O) groups is 1. The van der Waals surface area contributed by atoms with Gasteiger partial charge in [0.1, 0.15) is 5.82 Å². The highest BCUT2D eigenvalue weighted by molar-refractivity contribution is 7.98. The summed E-state index contributed by atoms with van der Waals surface area (Å²) in [6.07, 6.45) is 1.54. The molecule has 1 heterocycles. The largest absolute Gasteiger partial charge is 0.355 e. The standard InChI is InChI=1S/C22H24Cl3FN2OS/c23-18-2-1-3-21(26)17(18)13-28-9-6-16(7-10-28)22(29)27-8-11-30-14-15-4-5-19(24)20(25)12-15/h1-5,12,16H,6-11,13-14H2,(H,27,29). The molecule has 8 heteroatoms. The summed E-state index contributed by atoms with van der Waals surface area (Å²) < 4.78 is 14.0. The van der Waals surface area contributed by atoms with E-state index in [0.29, 0.717) is 33.7 Å². The molecular formula is C22H24Cl3FN2OS. The second-order valence-electron chi connectivity index (χ2n) is 7.34. The molecule has 3 nitrogen and oxygen atoms in total. The molecule has 1 fully saturated rings. The van der Waals surface area contributed by atoms with Crippen molar-refractivity contribution in [3.63, 3.8) is 0 Å². The number of hydrogen-bond donors (Lipinski definition) is 1. The van der Waals surface area contributed by atoms with Crippen LogP contribution in [-0.2, 0) is 17.1 Å². The van der Waals surface area contributed by atoms with E-state index in [0.717, 1.165) is 43.0 Å². The minimum absolute atomic E-state index is 0.0115. The lowest BCUT2D eigenvalue weighted by Crippen LogP contribution is -2.40. The topological polar surface area (TPSA) is 32.3 Å². The van der Waals surface area contributed by atoms with E-state index >= 15 is 0 Å². The number of likely N-dealkylation sites (tertiary alicyclic amines) is 1. The van der Waals surface area contributed by atoms with Gasteiger partial charge in [0.05, 0.1) is 10.0 Å². The van der Waals surface area contributed by atoms with Gasteiger partial charge in [0.2, 0.25) is 5.91 Å². The molecule has 162 valence electrons. The molecule has 1 amide bonds. The van der Waals surface area contributed by atoms with Crippen molar-refractivity contribution >= 4 is 52.5 Å². The molecule has 1 aliphatic heterocycles. The highest BCUT2D eigenvalue weighted by atomic mass is 35.5. The van der Waals surface area contributed by atoms with E-state index < -0.39 is 0 Å². The molecule has 2 aromatic carbocycles. The Morgan fingerprint density at radius 3 is 2.57 bits per heavy atom. The summed E-state index contributed by atoms with van der Waals surface area (Å²) in [5.74, 6) is 1.49. The number of benzene rings is 2. The van der Waals surface area contributed by atoms with E-state index in [1.807, 2.05) is 12.1 Å². The van der Waals surface area contributed by atoms with Crippen molar-refractivity contribution in [2.45, 2.75) is 25.1 Å². The van der Waals surface area contributed by atoms with Crippen LogP contribution in [0, 0.1) is 11.7 Å². The van der Waals surface area contributed by atoms with Crippen molar-refractivity contribution in [3.05, 3.63) is 68.4 Å². The first-order valence-corrected chi connectivity index (χ1v) is 12.2. The van der Waals surface area contributed by atoms with Crippen molar-refractivity contribution in [1.82, 2.24) is 10.2 Å². The van der Waals surface area contributed by atoms with Gasteiger partial charge >= 0.3 is 0 Å². The molecule has 1 N–H and O–H groups in total. The zero-order valence-corrected chi connectivity index (χ0v) is 19.6. The van der Waals surface area contributed by atoms with Gasteiger partial charge in [0.25, 0.3) is 0 Å². The third-order valence-corrected chi connectivity index (χ3v) is 7.32. The van der Waals surface area contributed by atoms with Crippen molar-refractivity contribution in [2.75, 3.05) is 25.4 Å². The van der Waals surface area contributed by atoms with E-state index in [1.165, 1.54) is 6.07 Å². The van der Waals surface area contributed by atoms with Crippen LogP contribution in [0.5, 0.6) is 0 Å². The van der Waals surface area contributed by atoms with Gasteiger partial charge in [0, 0.05) is 41.1 Å². The zero-order chi connectivity index (χ0) is 21.5. The zero-order valence-electron chi connectivity index (χ0n) is 16.5. The van der Waals surface area contributed by atoms with Gasteiger partial charge in [-0.25, -0.2) is 4.39 Å². The van der Waals surface area contributed by atoms with Crippen molar-refractivity contribution in [1.29, 1.82) is 0 Å². The van der Waals surface area contributed by atoms with Crippen LogP contribution < -0.4 is 5.32 Å². The molecule has 0 spiro atoms. The van der Waals surface area contributed by atoms with Crippen molar-refractivity contribution < 1.29 is 9.18 Å². The molecule has 2 aromatic rings. The van der Waals surface area contributed by atoms with Crippen LogP contribution in [0.3, 0.4) is 0 Å².